The molecule has 25 heavy (non-hydrogen) atoms. The summed E-state index contributed by atoms with van der Waals surface area (Å²) in [7, 11) is -0.597. The molecule has 2 aromatic rings. The van der Waals surface area contributed by atoms with Crippen LogP contribution in [0.4, 0.5) is 17.2 Å². The minimum absolute atomic E-state index is 0.0952. The Morgan fingerprint density at radius 2 is 1.88 bits per heavy atom. The van der Waals surface area contributed by atoms with Crippen molar-refractivity contribution < 1.29 is 13.2 Å². The molecule has 0 saturated carbocycles. The second-order valence-corrected chi connectivity index (χ2v) is 7.79. The Bertz CT molecular complexity index is 949. The Morgan fingerprint density at radius 3 is 2.44 bits per heavy atom. The lowest BCUT2D eigenvalue weighted by molar-refractivity contribution is 0.415. The topological polar surface area (TPSA) is 89.4 Å². The summed E-state index contributed by atoms with van der Waals surface area (Å²) in [4.78, 5) is 12.2. The average molecular weight is 365 g/mol. The zero-order valence-corrected chi connectivity index (χ0v) is 15.8. The molecule has 0 aliphatic rings. The van der Waals surface area contributed by atoms with E-state index in [2.05, 4.69) is 10.0 Å². The SMILES string of the molecule is CCS(=O)(=O)Nc1c(OC)cc(=O)n(C)c1Nc1ccc(C)cc1C. The number of aromatic nitrogens is 1. The number of pyridine rings is 1. The van der Waals surface area contributed by atoms with Gasteiger partial charge in [-0.15, -0.1) is 0 Å². The van der Waals surface area contributed by atoms with E-state index < -0.39 is 10.0 Å². The predicted octanol–water partition coefficient (Wildman–Crippen LogP) is 2.52. The molecule has 136 valence electrons. The van der Waals surface area contributed by atoms with Gasteiger partial charge in [0.1, 0.15) is 11.5 Å². The zero-order chi connectivity index (χ0) is 18.8. The lowest BCUT2D eigenvalue weighted by Gasteiger charge is -2.20. The van der Waals surface area contributed by atoms with E-state index in [4.69, 9.17) is 4.74 Å². The summed E-state index contributed by atoms with van der Waals surface area (Å²) in [6, 6.07) is 7.06. The van der Waals surface area contributed by atoms with Crippen molar-refractivity contribution in [1.82, 2.24) is 4.57 Å². The van der Waals surface area contributed by atoms with E-state index in [1.807, 2.05) is 32.0 Å². The first kappa shape index (κ1) is 18.9. The minimum atomic E-state index is -3.55. The molecule has 2 N–H and O–H groups in total. The van der Waals surface area contributed by atoms with Gasteiger partial charge in [0, 0.05) is 18.8 Å². The van der Waals surface area contributed by atoms with E-state index in [1.54, 1.807) is 7.05 Å². The maximum absolute atomic E-state index is 12.2. The molecule has 8 heteroatoms. The van der Waals surface area contributed by atoms with E-state index >= 15 is 0 Å². The molecule has 1 aromatic heterocycles. The summed E-state index contributed by atoms with van der Waals surface area (Å²) in [6.07, 6.45) is 0. The molecule has 1 heterocycles. The van der Waals surface area contributed by atoms with Gasteiger partial charge in [-0.1, -0.05) is 17.7 Å². The number of ether oxygens (including phenoxy) is 1. The standard InChI is InChI=1S/C17H23N3O4S/c1-6-25(22,23)19-16-14(24-5)10-15(21)20(4)17(16)18-13-8-7-11(2)9-12(13)3/h7-10,18-19H,6H2,1-5H3. The van der Waals surface area contributed by atoms with Crippen LogP contribution in [0.3, 0.4) is 0 Å². The third-order valence-electron chi connectivity index (χ3n) is 3.90. The van der Waals surface area contributed by atoms with Crippen molar-refractivity contribution in [3.05, 3.63) is 45.7 Å². The van der Waals surface area contributed by atoms with Crippen LogP contribution in [0.1, 0.15) is 18.1 Å². The van der Waals surface area contributed by atoms with Crippen molar-refractivity contribution >= 4 is 27.2 Å². The van der Waals surface area contributed by atoms with Gasteiger partial charge < -0.3 is 10.1 Å². The molecule has 0 aliphatic carbocycles. The number of hydrogen-bond donors (Lipinski definition) is 2. The van der Waals surface area contributed by atoms with Gasteiger partial charge in [-0.05, 0) is 32.4 Å². The molecule has 0 fully saturated rings. The van der Waals surface area contributed by atoms with Crippen LogP contribution >= 0.6 is 0 Å². The van der Waals surface area contributed by atoms with Crippen LogP contribution in [-0.4, -0.2) is 25.8 Å². The van der Waals surface area contributed by atoms with Crippen molar-refractivity contribution in [3.8, 4) is 5.75 Å². The Morgan fingerprint density at radius 1 is 1.20 bits per heavy atom. The lowest BCUT2D eigenvalue weighted by atomic mass is 10.1. The lowest BCUT2D eigenvalue weighted by Crippen LogP contribution is -2.24. The molecule has 0 amide bonds. The van der Waals surface area contributed by atoms with Crippen molar-refractivity contribution in [2.24, 2.45) is 7.05 Å². The van der Waals surface area contributed by atoms with Gasteiger partial charge in [0.25, 0.3) is 5.56 Å². The summed E-state index contributed by atoms with van der Waals surface area (Å²) < 4.78 is 33.2. The molecule has 0 unspecified atom stereocenters. The highest BCUT2D eigenvalue weighted by molar-refractivity contribution is 7.92. The Balaban J connectivity index is 2.65. The predicted molar refractivity (Wildman–Crippen MR) is 101 cm³/mol. The van der Waals surface area contributed by atoms with Crippen molar-refractivity contribution in [2.45, 2.75) is 20.8 Å². The highest BCUT2D eigenvalue weighted by Gasteiger charge is 2.20. The summed E-state index contributed by atoms with van der Waals surface area (Å²) in [5.41, 5.74) is 2.73. The largest absolute Gasteiger partial charge is 0.494 e. The van der Waals surface area contributed by atoms with E-state index in [-0.39, 0.29) is 22.7 Å². The minimum Gasteiger partial charge on any atom is -0.494 e. The van der Waals surface area contributed by atoms with Crippen LogP contribution in [-0.2, 0) is 17.1 Å². The average Bonchev–Trinajstić information content (AvgIpc) is 2.55. The maximum atomic E-state index is 12.2. The summed E-state index contributed by atoms with van der Waals surface area (Å²) >= 11 is 0. The highest BCUT2D eigenvalue weighted by Crippen LogP contribution is 2.34. The molecule has 0 atom stereocenters. The fourth-order valence-electron chi connectivity index (χ4n) is 2.39. The van der Waals surface area contributed by atoms with E-state index in [0.717, 1.165) is 16.8 Å². The first-order valence-electron chi connectivity index (χ1n) is 7.81. The molecule has 0 saturated heterocycles. The van der Waals surface area contributed by atoms with Gasteiger partial charge >= 0.3 is 0 Å². The number of hydrogen-bond acceptors (Lipinski definition) is 5. The quantitative estimate of drug-likeness (QED) is 0.821. The molecule has 2 rings (SSSR count). The normalized spacial score (nSPS) is 11.2. The number of rotatable bonds is 6. The number of nitrogens with one attached hydrogen (secondary N) is 2. The van der Waals surface area contributed by atoms with Crippen LogP contribution in [0, 0.1) is 13.8 Å². The number of sulfonamides is 1. The second kappa shape index (κ2) is 7.18. The zero-order valence-electron chi connectivity index (χ0n) is 15.0. The number of benzene rings is 1. The Labute approximate surface area is 147 Å². The monoisotopic (exact) mass is 365 g/mol. The number of nitrogens with zero attached hydrogens (tertiary/aromatic N) is 1. The fourth-order valence-corrected chi connectivity index (χ4v) is 3.04. The smallest absolute Gasteiger partial charge is 0.255 e. The molecule has 0 aliphatic heterocycles. The van der Waals surface area contributed by atoms with Gasteiger partial charge in [0.2, 0.25) is 10.0 Å². The summed E-state index contributed by atoms with van der Waals surface area (Å²) in [5, 5.41) is 3.15. The van der Waals surface area contributed by atoms with Crippen LogP contribution in [0.25, 0.3) is 0 Å². The van der Waals surface area contributed by atoms with Crippen molar-refractivity contribution in [2.75, 3.05) is 22.9 Å². The van der Waals surface area contributed by atoms with Crippen molar-refractivity contribution in [1.29, 1.82) is 0 Å². The summed E-state index contributed by atoms with van der Waals surface area (Å²) in [6.45, 7) is 5.45. The number of anilines is 3. The van der Waals surface area contributed by atoms with E-state index in [1.165, 1.54) is 24.7 Å². The number of methoxy groups -OCH3 is 1. The van der Waals surface area contributed by atoms with Gasteiger partial charge in [-0.25, -0.2) is 8.42 Å². The van der Waals surface area contributed by atoms with E-state index in [0.29, 0.717) is 5.82 Å². The van der Waals surface area contributed by atoms with E-state index in [9.17, 15) is 13.2 Å². The Hall–Kier alpha value is -2.48. The second-order valence-electron chi connectivity index (χ2n) is 5.78. The third kappa shape index (κ3) is 4.14. The summed E-state index contributed by atoms with van der Waals surface area (Å²) in [5.74, 6) is 0.378. The first-order valence-corrected chi connectivity index (χ1v) is 9.46. The first-order chi connectivity index (χ1) is 11.7. The molecular weight excluding hydrogens is 342 g/mol. The molecule has 1 aromatic carbocycles. The van der Waals surface area contributed by atoms with Gasteiger partial charge in [-0.2, -0.15) is 0 Å². The molecule has 0 bridgehead atoms. The number of aryl methyl sites for hydroxylation is 2. The van der Waals surface area contributed by atoms with Crippen LogP contribution < -0.4 is 20.3 Å². The van der Waals surface area contributed by atoms with Crippen molar-refractivity contribution in [3.63, 3.8) is 0 Å². The molecular formula is C17H23N3O4S. The molecule has 0 spiro atoms. The molecule has 0 radical (unpaired) electrons. The van der Waals surface area contributed by atoms with Crippen LogP contribution in [0.2, 0.25) is 0 Å². The fraction of sp³-hybridized carbons (Fsp3) is 0.353. The van der Waals surface area contributed by atoms with Gasteiger partial charge in [0.15, 0.2) is 5.75 Å². The van der Waals surface area contributed by atoms with Crippen LogP contribution in [0.5, 0.6) is 5.75 Å². The van der Waals surface area contributed by atoms with Crippen LogP contribution in [0.15, 0.2) is 29.1 Å². The third-order valence-corrected chi connectivity index (χ3v) is 5.17. The van der Waals surface area contributed by atoms with Gasteiger partial charge in [0.05, 0.1) is 12.9 Å². The maximum Gasteiger partial charge on any atom is 0.255 e. The highest BCUT2D eigenvalue weighted by atomic mass is 32.2. The Kier molecular flexibility index (Phi) is 5.42. The molecule has 7 nitrogen and oxygen atoms in total. The van der Waals surface area contributed by atoms with Gasteiger partial charge in [-0.3, -0.25) is 14.1 Å².